The van der Waals surface area contributed by atoms with Gasteiger partial charge in [0.05, 0.1) is 0 Å². The molecule has 0 amide bonds. The average molecular weight is 408 g/mol. The Morgan fingerprint density at radius 1 is 1.33 bits per heavy atom. The van der Waals surface area contributed by atoms with Gasteiger partial charge in [-0.1, -0.05) is 0 Å². The second-order valence-corrected chi connectivity index (χ2v) is 5.12. The molecule has 0 radical (unpaired) electrons. The van der Waals surface area contributed by atoms with Gasteiger partial charge in [0, 0.05) is 51.7 Å². The predicted octanol–water partition coefficient (Wildman–Crippen LogP) is 1.40. The van der Waals surface area contributed by atoms with Crippen LogP contribution in [0.2, 0.25) is 0 Å². The Morgan fingerprint density at radius 2 is 2.05 bits per heavy atom. The fraction of sp³-hybridized carbons (Fsp3) is 0.714. The van der Waals surface area contributed by atoms with Crippen molar-refractivity contribution in [2.75, 3.05) is 33.7 Å². The lowest BCUT2D eigenvalue weighted by molar-refractivity contribution is 0.278. The van der Waals surface area contributed by atoms with E-state index in [1.165, 1.54) is 0 Å². The first-order valence-electron chi connectivity index (χ1n) is 7.25. The maximum Gasteiger partial charge on any atom is 0.191 e. The molecule has 0 bridgehead atoms. The van der Waals surface area contributed by atoms with Gasteiger partial charge in [-0.05, 0) is 33.4 Å². The molecule has 0 aliphatic heterocycles. The summed E-state index contributed by atoms with van der Waals surface area (Å²) in [4.78, 5) is 6.52. The Bertz CT molecular complexity index is 377. The van der Waals surface area contributed by atoms with Gasteiger partial charge in [0.2, 0.25) is 0 Å². The number of aliphatic imine (C=N–C) groups is 1. The molecule has 0 aromatic carbocycles. The largest absolute Gasteiger partial charge is 0.356 e. The lowest BCUT2D eigenvalue weighted by Gasteiger charge is -2.21. The van der Waals surface area contributed by atoms with Crippen LogP contribution in [0.25, 0.3) is 0 Å². The van der Waals surface area contributed by atoms with Gasteiger partial charge >= 0.3 is 0 Å². The van der Waals surface area contributed by atoms with E-state index in [0.29, 0.717) is 6.04 Å². The number of nitrogens with zero attached hydrogens (tertiary/aromatic N) is 4. The molecule has 0 spiro atoms. The lowest BCUT2D eigenvalue weighted by atomic mass is 10.3. The summed E-state index contributed by atoms with van der Waals surface area (Å²) in [5.41, 5.74) is 0. The van der Waals surface area contributed by atoms with Crippen LogP contribution in [0.3, 0.4) is 0 Å². The Labute approximate surface area is 145 Å². The topological polar surface area (TPSA) is 57.5 Å². The normalized spacial score (nSPS) is 11.6. The van der Waals surface area contributed by atoms with Gasteiger partial charge in [-0.2, -0.15) is 5.10 Å². The third kappa shape index (κ3) is 8.92. The van der Waals surface area contributed by atoms with E-state index in [-0.39, 0.29) is 24.0 Å². The number of likely N-dealkylation sites (N-methyl/N-ethyl adjacent to an activating group) is 1. The van der Waals surface area contributed by atoms with Crippen LogP contribution in [0, 0.1) is 0 Å². The summed E-state index contributed by atoms with van der Waals surface area (Å²) in [7, 11) is 3.93. The van der Waals surface area contributed by atoms with Gasteiger partial charge in [0.1, 0.15) is 0 Å². The van der Waals surface area contributed by atoms with E-state index in [1.54, 1.807) is 13.2 Å². The third-order valence-electron chi connectivity index (χ3n) is 3.28. The summed E-state index contributed by atoms with van der Waals surface area (Å²) >= 11 is 0. The minimum Gasteiger partial charge on any atom is -0.356 e. The fourth-order valence-electron chi connectivity index (χ4n) is 1.71. The predicted molar refractivity (Wildman–Crippen MR) is 99.4 cm³/mol. The maximum atomic E-state index is 4.22. The minimum absolute atomic E-state index is 0. The molecule has 122 valence electrons. The average Bonchev–Trinajstić information content (AvgIpc) is 2.94. The Morgan fingerprint density at radius 3 is 2.62 bits per heavy atom. The van der Waals surface area contributed by atoms with Crippen LogP contribution in [0.5, 0.6) is 0 Å². The molecule has 0 atom stereocenters. The molecular formula is C14H29IN6. The molecule has 21 heavy (non-hydrogen) atoms. The molecular weight excluding hydrogens is 379 g/mol. The van der Waals surface area contributed by atoms with E-state index in [4.69, 9.17) is 0 Å². The molecule has 2 N–H and O–H groups in total. The molecule has 0 fully saturated rings. The highest BCUT2D eigenvalue weighted by atomic mass is 127. The molecule has 0 aliphatic carbocycles. The van der Waals surface area contributed by atoms with Crippen molar-refractivity contribution < 1.29 is 0 Å². The van der Waals surface area contributed by atoms with Crippen molar-refractivity contribution >= 4 is 29.9 Å². The zero-order valence-electron chi connectivity index (χ0n) is 13.5. The molecule has 1 rings (SSSR count). The first-order valence-corrected chi connectivity index (χ1v) is 7.25. The van der Waals surface area contributed by atoms with Crippen molar-refractivity contribution in [1.82, 2.24) is 25.3 Å². The highest BCUT2D eigenvalue weighted by molar-refractivity contribution is 14.0. The number of nitrogens with one attached hydrogen (secondary N) is 2. The van der Waals surface area contributed by atoms with E-state index in [9.17, 15) is 0 Å². The maximum absolute atomic E-state index is 4.22. The van der Waals surface area contributed by atoms with E-state index >= 15 is 0 Å². The molecule has 0 unspecified atom stereocenters. The van der Waals surface area contributed by atoms with Crippen LogP contribution in [0.15, 0.2) is 23.5 Å². The van der Waals surface area contributed by atoms with Gasteiger partial charge < -0.3 is 15.5 Å². The molecule has 1 aromatic rings. The van der Waals surface area contributed by atoms with Crippen molar-refractivity contribution in [3.8, 4) is 0 Å². The van der Waals surface area contributed by atoms with Crippen molar-refractivity contribution in [3.05, 3.63) is 18.5 Å². The van der Waals surface area contributed by atoms with Gasteiger partial charge in [0.25, 0.3) is 0 Å². The van der Waals surface area contributed by atoms with Crippen molar-refractivity contribution in [2.45, 2.75) is 32.9 Å². The number of halogens is 1. The third-order valence-corrected chi connectivity index (χ3v) is 3.28. The Balaban J connectivity index is 0.00000400. The molecule has 7 heteroatoms. The second-order valence-electron chi connectivity index (χ2n) is 5.12. The molecule has 0 aliphatic rings. The number of aryl methyl sites for hydroxylation is 1. The van der Waals surface area contributed by atoms with Crippen LogP contribution < -0.4 is 10.6 Å². The van der Waals surface area contributed by atoms with Gasteiger partial charge in [0.15, 0.2) is 5.96 Å². The van der Waals surface area contributed by atoms with Gasteiger partial charge in [-0.25, -0.2) is 0 Å². The zero-order chi connectivity index (χ0) is 14.8. The smallest absolute Gasteiger partial charge is 0.191 e. The standard InChI is InChI=1S/C14H28N6.HI/c1-13(2)19(4)12-9-17-14(15-3)16-7-5-10-20-11-6-8-18-20;/h6,8,11,13H,5,7,9-10,12H2,1-4H3,(H2,15,16,17);1H. The van der Waals surface area contributed by atoms with Crippen molar-refractivity contribution in [1.29, 1.82) is 0 Å². The quantitative estimate of drug-likeness (QED) is 0.296. The zero-order valence-corrected chi connectivity index (χ0v) is 15.9. The van der Waals surface area contributed by atoms with Crippen LogP contribution in [-0.2, 0) is 6.54 Å². The first kappa shape index (κ1) is 20.2. The highest BCUT2D eigenvalue weighted by Gasteiger charge is 2.03. The Kier molecular flexibility index (Phi) is 11.3. The van der Waals surface area contributed by atoms with Crippen LogP contribution >= 0.6 is 24.0 Å². The first-order chi connectivity index (χ1) is 9.63. The number of guanidine groups is 1. The van der Waals surface area contributed by atoms with E-state index in [2.05, 4.69) is 46.5 Å². The van der Waals surface area contributed by atoms with Gasteiger partial charge in [-0.15, -0.1) is 24.0 Å². The fourth-order valence-corrected chi connectivity index (χ4v) is 1.71. The molecule has 0 saturated carbocycles. The SMILES string of the molecule is CN=C(NCCCn1cccn1)NCCN(C)C(C)C.I. The molecule has 1 aromatic heterocycles. The van der Waals surface area contributed by atoms with Crippen LogP contribution in [-0.4, -0.2) is 60.4 Å². The molecule has 6 nitrogen and oxygen atoms in total. The lowest BCUT2D eigenvalue weighted by Crippen LogP contribution is -2.42. The summed E-state index contributed by atoms with van der Waals surface area (Å²) in [6.45, 7) is 8.11. The monoisotopic (exact) mass is 408 g/mol. The van der Waals surface area contributed by atoms with Crippen LogP contribution in [0.1, 0.15) is 20.3 Å². The summed E-state index contributed by atoms with van der Waals surface area (Å²) in [6.07, 6.45) is 4.81. The highest BCUT2D eigenvalue weighted by Crippen LogP contribution is 1.91. The second kappa shape index (κ2) is 11.8. The van der Waals surface area contributed by atoms with Gasteiger partial charge in [-0.3, -0.25) is 9.67 Å². The number of aromatic nitrogens is 2. The van der Waals surface area contributed by atoms with Crippen molar-refractivity contribution in [2.24, 2.45) is 4.99 Å². The molecule has 0 saturated heterocycles. The number of rotatable bonds is 8. The molecule has 1 heterocycles. The summed E-state index contributed by atoms with van der Waals surface area (Å²) in [5.74, 6) is 0.864. The minimum atomic E-state index is 0. The summed E-state index contributed by atoms with van der Waals surface area (Å²) < 4.78 is 1.94. The summed E-state index contributed by atoms with van der Waals surface area (Å²) in [6, 6.07) is 2.51. The van der Waals surface area contributed by atoms with E-state index in [0.717, 1.165) is 38.6 Å². The number of hydrogen-bond acceptors (Lipinski definition) is 3. The van der Waals surface area contributed by atoms with E-state index in [1.807, 2.05) is 16.9 Å². The van der Waals surface area contributed by atoms with Crippen molar-refractivity contribution in [3.63, 3.8) is 0 Å². The summed E-state index contributed by atoms with van der Waals surface area (Å²) in [5, 5.41) is 10.8. The van der Waals surface area contributed by atoms with Crippen LogP contribution in [0.4, 0.5) is 0 Å². The Hall–Kier alpha value is -0.830. The number of hydrogen-bond donors (Lipinski definition) is 2. The van der Waals surface area contributed by atoms with E-state index < -0.39 is 0 Å².